The summed E-state index contributed by atoms with van der Waals surface area (Å²) in [5.41, 5.74) is 0.358. The Labute approximate surface area is 145 Å². The fourth-order valence-corrected chi connectivity index (χ4v) is 4.43. The van der Waals surface area contributed by atoms with Gasteiger partial charge in [0.2, 0.25) is 10.0 Å². The Bertz CT molecular complexity index is 731. The molecule has 1 aromatic carbocycles. The Balaban J connectivity index is 2.30. The summed E-state index contributed by atoms with van der Waals surface area (Å²) in [5, 5.41) is -0.600. The van der Waals surface area contributed by atoms with Crippen molar-refractivity contribution in [1.82, 2.24) is 0 Å². The summed E-state index contributed by atoms with van der Waals surface area (Å²) in [6.07, 6.45) is 3.30. The molecule has 1 aliphatic carbocycles. The summed E-state index contributed by atoms with van der Waals surface area (Å²) in [7, 11) is -3.85. The molecule has 2 rings (SSSR count). The summed E-state index contributed by atoms with van der Waals surface area (Å²) >= 11 is 11.9. The topological polar surface area (TPSA) is 72.5 Å². The van der Waals surface area contributed by atoms with Gasteiger partial charge in [0.25, 0.3) is 0 Å². The number of ether oxygens (including phenoxy) is 1. The van der Waals surface area contributed by atoms with Crippen LogP contribution < -0.4 is 4.72 Å². The van der Waals surface area contributed by atoms with Crippen molar-refractivity contribution in [3.63, 3.8) is 0 Å². The lowest BCUT2D eigenvalue weighted by Gasteiger charge is -2.24. The lowest BCUT2D eigenvalue weighted by Crippen LogP contribution is -2.34. The average Bonchev–Trinajstić information content (AvgIpc) is 2.52. The quantitative estimate of drug-likeness (QED) is 0.792. The maximum atomic E-state index is 12.7. The van der Waals surface area contributed by atoms with E-state index in [1.54, 1.807) is 25.1 Å². The third-order valence-corrected chi connectivity index (χ3v) is 6.03. The van der Waals surface area contributed by atoms with E-state index in [0.29, 0.717) is 19.3 Å². The highest BCUT2D eigenvalue weighted by atomic mass is 35.5. The molecule has 5 nitrogen and oxygen atoms in total. The summed E-state index contributed by atoms with van der Waals surface area (Å²) in [5.74, 6) is -0.597. The van der Waals surface area contributed by atoms with E-state index in [2.05, 4.69) is 4.72 Å². The van der Waals surface area contributed by atoms with Crippen LogP contribution in [0.1, 0.15) is 26.2 Å². The maximum absolute atomic E-state index is 12.7. The number of rotatable bonds is 5. The molecule has 1 aromatic rings. The third-order valence-electron chi connectivity index (χ3n) is 3.47. The van der Waals surface area contributed by atoms with Crippen LogP contribution in [0.3, 0.4) is 0 Å². The van der Waals surface area contributed by atoms with Crippen molar-refractivity contribution in [1.29, 1.82) is 0 Å². The van der Waals surface area contributed by atoms with Gasteiger partial charge in [-0.1, -0.05) is 35.3 Å². The van der Waals surface area contributed by atoms with E-state index < -0.39 is 21.2 Å². The molecule has 0 spiro atoms. The summed E-state index contributed by atoms with van der Waals surface area (Å²) in [4.78, 5) is 12.0. The van der Waals surface area contributed by atoms with Gasteiger partial charge in [-0.2, -0.15) is 0 Å². The normalized spacial score (nSPS) is 18.2. The number of sulfonamides is 1. The smallest absolute Gasteiger partial charge is 0.335 e. The molecule has 0 aliphatic heterocycles. The van der Waals surface area contributed by atoms with Crippen molar-refractivity contribution >= 4 is 44.9 Å². The molecule has 0 fully saturated rings. The lowest BCUT2D eigenvalue weighted by molar-refractivity contribution is -0.138. The number of hydrogen-bond acceptors (Lipinski definition) is 4. The molecule has 0 saturated carbocycles. The number of carbonyl (C=O) groups is 1. The zero-order chi connectivity index (χ0) is 17.0. The fraction of sp³-hybridized carbons (Fsp3) is 0.400. The fourth-order valence-electron chi connectivity index (χ4n) is 2.41. The van der Waals surface area contributed by atoms with Gasteiger partial charge in [-0.3, -0.25) is 4.72 Å². The van der Waals surface area contributed by atoms with E-state index in [0.717, 1.165) is 0 Å². The van der Waals surface area contributed by atoms with Crippen LogP contribution in [0.25, 0.3) is 0 Å². The summed E-state index contributed by atoms with van der Waals surface area (Å²) in [6, 6.07) is 4.67. The third kappa shape index (κ3) is 4.19. The van der Waals surface area contributed by atoms with Gasteiger partial charge in [0.05, 0.1) is 27.9 Å². The van der Waals surface area contributed by atoms with Crippen molar-refractivity contribution in [2.45, 2.75) is 31.4 Å². The predicted octanol–water partition coefficient (Wildman–Crippen LogP) is 3.78. The van der Waals surface area contributed by atoms with Gasteiger partial charge in [-0.25, -0.2) is 13.2 Å². The van der Waals surface area contributed by atoms with Gasteiger partial charge in [0.15, 0.2) is 0 Å². The van der Waals surface area contributed by atoms with Crippen LogP contribution >= 0.6 is 23.2 Å². The molecule has 1 unspecified atom stereocenters. The van der Waals surface area contributed by atoms with Crippen molar-refractivity contribution in [3.05, 3.63) is 39.9 Å². The highest BCUT2D eigenvalue weighted by Gasteiger charge is 2.35. The predicted molar refractivity (Wildman–Crippen MR) is 91.4 cm³/mol. The second-order valence-corrected chi connectivity index (χ2v) is 7.70. The van der Waals surface area contributed by atoms with Gasteiger partial charge in [-0.15, -0.1) is 0 Å². The minimum Gasteiger partial charge on any atom is -0.463 e. The SMILES string of the molecule is CCOC(=O)C1=CCCCC1S(=O)(=O)Nc1cccc(Cl)c1Cl. The number of nitrogens with one attached hydrogen (secondary N) is 1. The Hall–Kier alpha value is -1.24. The second-order valence-electron chi connectivity index (χ2n) is 5.05. The summed E-state index contributed by atoms with van der Waals surface area (Å²) < 4.78 is 32.7. The molecule has 1 N–H and O–H groups in total. The van der Waals surface area contributed by atoms with E-state index in [-0.39, 0.29) is 27.9 Å². The molecule has 0 radical (unpaired) electrons. The first kappa shape index (κ1) is 18.1. The first-order valence-corrected chi connectivity index (χ1v) is 9.50. The molecule has 0 saturated heterocycles. The van der Waals surface area contributed by atoms with Gasteiger partial charge >= 0.3 is 5.97 Å². The number of halogens is 2. The van der Waals surface area contributed by atoms with Crippen molar-refractivity contribution in [3.8, 4) is 0 Å². The molecule has 0 bridgehead atoms. The molecule has 23 heavy (non-hydrogen) atoms. The molecule has 0 amide bonds. The number of allylic oxidation sites excluding steroid dienone is 1. The second kappa shape index (κ2) is 7.55. The monoisotopic (exact) mass is 377 g/mol. The van der Waals surface area contributed by atoms with Crippen LogP contribution in [0.2, 0.25) is 10.0 Å². The largest absolute Gasteiger partial charge is 0.463 e. The van der Waals surface area contributed by atoms with Crippen molar-refractivity contribution < 1.29 is 17.9 Å². The maximum Gasteiger partial charge on any atom is 0.335 e. The van der Waals surface area contributed by atoms with E-state index in [1.165, 1.54) is 6.07 Å². The zero-order valence-electron chi connectivity index (χ0n) is 12.5. The molecular weight excluding hydrogens is 361 g/mol. The van der Waals surface area contributed by atoms with Gasteiger partial charge < -0.3 is 4.74 Å². The average molecular weight is 378 g/mol. The standard InChI is InChI=1S/C15H17Cl2NO4S/c1-2-22-15(19)10-6-3-4-9-13(10)23(20,21)18-12-8-5-7-11(16)14(12)17/h5-8,13,18H,2-4,9H2,1H3. The molecule has 0 heterocycles. The van der Waals surface area contributed by atoms with Crippen LogP contribution in [0.15, 0.2) is 29.8 Å². The zero-order valence-corrected chi connectivity index (χ0v) is 14.8. The molecule has 1 aliphatic rings. The highest BCUT2D eigenvalue weighted by Crippen LogP contribution is 2.33. The molecular formula is C15H17Cl2NO4S. The molecule has 126 valence electrons. The van der Waals surface area contributed by atoms with E-state index in [9.17, 15) is 13.2 Å². The van der Waals surface area contributed by atoms with Crippen LogP contribution in [0.5, 0.6) is 0 Å². The van der Waals surface area contributed by atoms with Crippen LogP contribution in [-0.2, 0) is 19.6 Å². The summed E-state index contributed by atoms with van der Waals surface area (Å²) in [6.45, 7) is 1.87. The Morgan fingerprint density at radius 3 is 2.83 bits per heavy atom. The lowest BCUT2D eigenvalue weighted by atomic mass is 9.99. The molecule has 1 atom stereocenters. The number of anilines is 1. The van der Waals surface area contributed by atoms with Crippen molar-refractivity contribution in [2.24, 2.45) is 0 Å². The minimum atomic E-state index is -3.85. The van der Waals surface area contributed by atoms with Gasteiger partial charge in [-0.05, 0) is 38.3 Å². The van der Waals surface area contributed by atoms with Crippen LogP contribution in [0.4, 0.5) is 5.69 Å². The first-order valence-electron chi connectivity index (χ1n) is 7.19. The van der Waals surface area contributed by atoms with Gasteiger partial charge in [0.1, 0.15) is 5.25 Å². The number of carbonyl (C=O) groups excluding carboxylic acids is 1. The number of hydrogen-bond donors (Lipinski definition) is 1. The van der Waals surface area contributed by atoms with Gasteiger partial charge in [0, 0.05) is 0 Å². The van der Waals surface area contributed by atoms with Crippen LogP contribution in [0, 0.1) is 0 Å². The van der Waals surface area contributed by atoms with Crippen LogP contribution in [-0.4, -0.2) is 26.2 Å². The molecule has 0 aromatic heterocycles. The molecule has 8 heteroatoms. The number of benzene rings is 1. The first-order chi connectivity index (χ1) is 10.9. The Kier molecular flexibility index (Phi) is 5.95. The Morgan fingerprint density at radius 1 is 1.39 bits per heavy atom. The van der Waals surface area contributed by atoms with E-state index in [1.807, 2.05) is 0 Å². The van der Waals surface area contributed by atoms with E-state index in [4.69, 9.17) is 27.9 Å². The van der Waals surface area contributed by atoms with Crippen molar-refractivity contribution in [2.75, 3.05) is 11.3 Å². The number of esters is 1. The minimum absolute atomic E-state index is 0.121. The van der Waals surface area contributed by atoms with E-state index >= 15 is 0 Å². The Morgan fingerprint density at radius 2 is 2.13 bits per heavy atom. The highest BCUT2D eigenvalue weighted by molar-refractivity contribution is 7.93.